The Morgan fingerprint density at radius 1 is 1.60 bits per heavy atom. The monoisotopic (exact) mass is 144 g/mol. The molecule has 3 nitrogen and oxygen atoms in total. The maximum atomic E-state index is 8.93. The van der Waals surface area contributed by atoms with Crippen molar-refractivity contribution in [2.75, 3.05) is 19.8 Å². The summed E-state index contributed by atoms with van der Waals surface area (Å²) in [6.45, 7) is 0.426. The maximum absolute atomic E-state index is 8.93. The van der Waals surface area contributed by atoms with Gasteiger partial charge in [0.1, 0.15) is 0 Å². The quantitative estimate of drug-likeness (QED) is 0.399. The molecule has 0 saturated carbocycles. The Balaban J connectivity index is 3.06. The lowest BCUT2D eigenvalue weighted by molar-refractivity contribution is 0.0237. The highest BCUT2D eigenvalue weighted by Crippen LogP contribution is 1.89. The van der Waals surface area contributed by atoms with Gasteiger partial charge in [-0.25, -0.2) is 0 Å². The van der Waals surface area contributed by atoms with E-state index >= 15 is 0 Å². The van der Waals surface area contributed by atoms with E-state index < -0.39 is 6.10 Å². The summed E-state index contributed by atoms with van der Waals surface area (Å²) >= 11 is 0. The molecule has 0 bridgehead atoms. The first-order chi connectivity index (χ1) is 4.81. The van der Waals surface area contributed by atoms with Crippen molar-refractivity contribution >= 4 is 0 Å². The third-order valence-corrected chi connectivity index (χ3v) is 0.899. The fraction of sp³-hybridized carbons (Fsp3) is 0.714. The van der Waals surface area contributed by atoms with Crippen LogP contribution in [0.3, 0.4) is 0 Å². The molecule has 0 fully saturated rings. The third kappa shape index (κ3) is 5.57. The van der Waals surface area contributed by atoms with Crippen molar-refractivity contribution in [3.05, 3.63) is 0 Å². The van der Waals surface area contributed by atoms with Gasteiger partial charge >= 0.3 is 0 Å². The van der Waals surface area contributed by atoms with Crippen LogP contribution in [0.5, 0.6) is 0 Å². The fourth-order valence-corrected chi connectivity index (χ4v) is 0.479. The molecule has 3 heteroatoms. The van der Waals surface area contributed by atoms with Crippen molar-refractivity contribution in [3.63, 3.8) is 0 Å². The molecule has 0 aromatic rings. The molecule has 0 spiro atoms. The first-order valence-corrected chi connectivity index (χ1v) is 3.11. The minimum Gasteiger partial charge on any atom is -0.394 e. The van der Waals surface area contributed by atoms with E-state index in [4.69, 9.17) is 21.4 Å². The van der Waals surface area contributed by atoms with Crippen molar-refractivity contribution < 1.29 is 14.9 Å². The minimum absolute atomic E-state index is 0.0250. The summed E-state index contributed by atoms with van der Waals surface area (Å²) in [4.78, 5) is 0. The molecular formula is C7H12O3. The van der Waals surface area contributed by atoms with Crippen LogP contribution in [0.4, 0.5) is 0 Å². The molecule has 2 N–H and O–H groups in total. The van der Waals surface area contributed by atoms with Crippen LogP contribution in [-0.4, -0.2) is 36.1 Å². The topological polar surface area (TPSA) is 49.7 Å². The molecule has 0 aliphatic rings. The number of aliphatic hydroxyl groups excluding tert-OH is 2. The third-order valence-electron chi connectivity index (χ3n) is 0.899. The van der Waals surface area contributed by atoms with Crippen LogP contribution in [0, 0.1) is 12.3 Å². The van der Waals surface area contributed by atoms with Crippen LogP contribution in [0.1, 0.15) is 6.42 Å². The second-order valence-corrected chi connectivity index (χ2v) is 1.86. The minimum atomic E-state index is -0.600. The first-order valence-electron chi connectivity index (χ1n) is 3.11. The summed E-state index contributed by atoms with van der Waals surface area (Å²) in [5, 5.41) is 17.2. The molecule has 10 heavy (non-hydrogen) atoms. The molecule has 0 radical (unpaired) electrons. The largest absolute Gasteiger partial charge is 0.394 e. The van der Waals surface area contributed by atoms with Crippen LogP contribution >= 0.6 is 0 Å². The van der Waals surface area contributed by atoms with Gasteiger partial charge in [0.2, 0.25) is 0 Å². The van der Waals surface area contributed by atoms with Crippen molar-refractivity contribution in [2.24, 2.45) is 0 Å². The Morgan fingerprint density at radius 3 is 2.80 bits per heavy atom. The van der Waals surface area contributed by atoms with Crippen LogP contribution in [0.25, 0.3) is 0 Å². The lowest BCUT2D eigenvalue weighted by Gasteiger charge is -2.05. The van der Waals surface area contributed by atoms with E-state index in [0.717, 1.165) is 0 Å². The van der Waals surface area contributed by atoms with Gasteiger partial charge in [-0.1, -0.05) is 0 Å². The summed E-state index contributed by atoms with van der Waals surface area (Å²) in [6, 6.07) is 0. The van der Waals surface area contributed by atoms with Crippen LogP contribution in [0.15, 0.2) is 0 Å². The van der Waals surface area contributed by atoms with E-state index in [-0.39, 0.29) is 19.8 Å². The summed E-state index contributed by atoms with van der Waals surface area (Å²) in [6.07, 6.45) is 4.62. The SMILES string of the molecule is C#CCC(O)COCCO. The lowest BCUT2D eigenvalue weighted by atomic mass is 10.3. The molecule has 0 rings (SSSR count). The van der Waals surface area contributed by atoms with Crippen LogP contribution < -0.4 is 0 Å². The Hall–Kier alpha value is -0.560. The van der Waals surface area contributed by atoms with Crippen LogP contribution in [-0.2, 0) is 4.74 Å². The van der Waals surface area contributed by atoms with E-state index in [1.54, 1.807) is 0 Å². The zero-order valence-electron chi connectivity index (χ0n) is 5.79. The molecule has 0 saturated heterocycles. The van der Waals surface area contributed by atoms with E-state index in [1.807, 2.05) is 0 Å². The van der Waals surface area contributed by atoms with Crippen molar-refractivity contribution in [3.8, 4) is 12.3 Å². The van der Waals surface area contributed by atoms with Crippen molar-refractivity contribution in [2.45, 2.75) is 12.5 Å². The number of ether oxygens (including phenoxy) is 1. The summed E-state index contributed by atoms with van der Waals surface area (Å²) in [5.41, 5.74) is 0. The highest BCUT2D eigenvalue weighted by Gasteiger charge is 1.99. The van der Waals surface area contributed by atoms with Gasteiger partial charge in [-0.2, -0.15) is 0 Å². The maximum Gasteiger partial charge on any atom is 0.0882 e. The number of aliphatic hydroxyl groups is 2. The molecule has 1 atom stereocenters. The molecule has 1 unspecified atom stereocenters. The van der Waals surface area contributed by atoms with Gasteiger partial charge < -0.3 is 14.9 Å². The lowest BCUT2D eigenvalue weighted by Crippen LogP contribution is -2.15. The Bertz CT molecular complexity index is 106. The zero-order chi connectivity index (χ0) is 7.82. The predicted molar refractivity (Wildman–Crippen MR) is 37.4 cm³/mol. The van der Waals surface area contributed by atoms with E-state index in [2.05, 4.69) is 5.92 Å². The predicted octanol–water partition coefficient (Wildman–Crippen LogP) is -0.621. The smallest absolute Gasteiger partial charge is 0.0882 e. The molecule has 58 valence electrons. The molecule has 0 aromatic heterocycles. The molecule has 0 aliphatic carbocycles. The second-order valence-electron chi connectivity index (χ2n) is 1.86. The van der Waals surface area contributed by atoms with Gasteiger partial charge in [-0.3, -0.25) is 0 Å². The molecule has 0 aromatic carbocycles. The Kier molecular flexibility index (Phi) is 6.19. The van der Waals surface area contributed by atoms with Gasteiger partial charge in [0, 0.05) is 6.42 Å². The highest BCUT2D eigenvalue weighted by atomic mass is 16.5. The summed E-state index contributed by atoms with van der Waals surface area (Å²) in [7, 11) is 0. The number of terminal acetylenes is 1. The standard InChI is InChI=1S/C7H12O3/c1-2-3-7(9)6-10-5-4-8/h1,7-9H,3-6H2. The van der Waals surface area contributed by atoms with E-state index in [0.29, 0.717) is 6.42 Å². The van der Waals surface area contributed by atoms with Crippen molar-refractivity contribution in [1.82, 2.24) is 0 Å². The Labute approximate surface area is 60.6 Å². The van der Waals surface area contributed by atoms with Gasteiger partial charge in [0.15, 0.2) is 0 Å². The van der Waals surface area contributed by atoms with Gasteiger partial charge in [0.05, 0.1) is 25.9 Å². The fourth-order valence-electron chi connectivity index (χ4n) is 0.479. The first kappa shape index (κ1) is 9.44. The number of rotatable bonds is 5. The van der Waals surface area contributed by atoms with E-state index in [1.165, 1.54) is 0 Å². The van der Waals surface area contributed by atoms with E-state index in [9.17, 15) is 0 Å². The summed E-state index contributed by atoms with van der Waals surface area (Å²) < 4.78 is 4.80. The molecule has 0 amide bonds. The zero-order valence-corrected chi connectivity index (χ0v) is 5.79. The molecule has 0 aliphatic heterocycles. The summed E-state index contributed by atoms with van der Waals surface area (Å²) in [5.74, 6) is 2.30. The second kappa shape index (κ2) is 6.56. The molecule has 0 heterocycles. The normalized spacial score (nSPS) is 12.5. The number of hydrogen-bond acceptors (Lipinski definition) is 3. The van der Waals surface area contributed by atoms with Gasteiger partial charge in [-0.15, -0.1) is 12.3 Å². The highest BCUT2D eigenvalue weighted by molar-refractivity contribution is 4.86. The van der Waals surface area contributed by atoms with Crippen molar-refractivity contribution in [1.29, 1.82) is 0 Å². The van der Waals surface area contributed by atoms with Crippen LogP contribution in [0.2, 0.25) is 0 Å². The average molecular weight is 144 g/mol. The van der Waals surface area contributed by atoms with Gasteiger partial charge in [0.25, 0.3) is 0 Å². The van der Waals surface area contributed by atoms with Gasteiger partial charge in [-0.05, 0) is 0 Å². The number of hydrogen-bond donors (Lipinski definition) is 2. The molecular weight excluding hydrogens is 132 g/mol. The Morgan fingerprint density at radius 2 is 2.30 bits per heavy atom. The average Bonchev–Trinajstić information content (AvgIpc) is 1.89.